The topological polar surface area (TPSA) is 53.1 Å². The van der Waals surface area contributed by atoms with E-state index in [4.69, 9.17) is 4.74 Å². The predicted molar refractivity (Wildman–Crippen MR) is 157 cm³/mol. The van der Waals surface area contributed by atoms with Crippen LogP contribution in [0.4, 0.5) is 5.69 Å². The predicted octanol–water partition coefficient (Wildman–Crippen LogP) is 5.81. The molecule has 0 spiro atoms. The summed E-state index contributed by atoms with van der Waals surface area (Å²) in [5, 5.41) is 0. The van der Waals surface area contributed by atoms with Crippen LogP contribution in [-0.4, -0.2) is 60.4 Å². The molecule has 4 rings (SSSR count). The summed E-state index contributed by atoms with van der Waals surface area (Å²) in [5.74, 6) is 0.779. The van der Waals surface area contributed by atoms with Crippen LogP contribution in [-0.2, 0) is 17.8 Å². The van der Waals surface area contributed by atoms with Gasteiger partial charge in [-0.25, -0.2) is 0 Å². The molecule has 1 aliphatic rings. The van der Waals surface area contributed by atoms with Crippen molar-refractivity contribution in [1.29, 1.82) is 0 Å². The van der Waals surface area contributed by atoms with Crippen LogP contribution in [0.3, 0.4) is 0 Å². The Balaban J connectivity index is 1.64. The lowest BCUT2D eigenvalue weighted by molar-refractivity contribution is -0.118. The smallest absolute Gasteiger partial charge is 0.254 e. The molecule has 0 N–H and O–H groups in total. The van der Waals surface area contributed by atoms with Gasteiger partial charge in [0.05, 0.1) is 6.61 Å². The molecule has 0 fully saturated rings. The van der Waals surface area contributed by atoms with E-state index in [0.717, 1.165) is 36.3 Å². The maximum atomic E-state index is 13.8. The molecule has 0 unspecified atom stereocenters. The second kappa shape index (κ2) is 13.9. The molecule has 1 aliphatic heterocycles. The van der Waals surface area contributed by atoms with Gasteiger partial charge in [0, 0.05) is 56.4 Å². The summed E-state index contributed by atoms with van der Waals surface area (Å²) in [6, 6.07) is 25.9. The lowest BCUT2D eigenvalue weighted by Gasteiger charge is -2.30. The van der Waals surface area contributed by atoms with Gasteiger partial charge in [0.15, 0.2) is 0 Å². The van der Waals surface area contributed by atoms with Crippen LogP contribution in [0, 0.1) is 0 Å². The zero-order valence-electron chi connectivity index (χ0n) is 23.5. The van der Waals surface area contributed by atoms with E-state index in [2.05, 4.69) is 30.9 Å². The van der Waals surface area contributed by atoms with Crippen molar-refractivity contribution in [2.45, 2.75) is 52.6 Å². The molecule has 2 amide bonds. The second-order valence-corrected chi connectivity index (χ2v) is 10.3. The standard InChI is InChI=1S/C33H41N3O3/c1-4-39-30-16-10-15-28(24-30)33(38)35-23-22-34(26(2)3)20-11-21-36(31-17-9-8-14-29(31)25-35)32(37)19-18-27-12-6-5-7-13-27/h5-10,12-17,24,26H,4,11,18-23,25H2,1-3H3. The summed E-state index contributed by atoms with van der Waals surface area (Å²) < 4.78 is 5.66. The quantitative estimate of drug-likeness (QED) is 0.389. The number of anilines is 1. The molecule has 6 nitrogen and oxygen atoms in total. The van der Waals surface area contributed by atoms with Crippen molar-refractivity contribution >= 4 is 17.5 Å². The van der Waals surface area contributed by atoms with Crippen molar-refractivity contribution in [3.05, 3.63) is 95.6 Å². The third-order valence-corrected chi connectivity index (χ3v) is 7.31. The number of nitrogens with zero attached hydrogens (tertiary/aromatic N) is 3. The summed E-state index contributed by atoms with van der Waals surface area (Å²) in [7, 11) is 0. The minimum Gasteiger partial charge on any atom is -0.494 e. The number of benzene rings is 3. The molecule has 1 heterocycles. The van der Waals surface area contributed by atoms with Gasteiger partial charge in [-0.3, -0.25) is 14.5 Å². The average Bonchev–Trinajstić information content (AvgIpc) is 2.99. The minimum atomic E-state index is -0.0312. The normalized spacial score (nSPS) is 15.0. The molecule has 39 heavy (non-hydrogen) atoms. The highest BCUT2D eigenvalue weighted by Gasteiger charge is 2.25. The van der Waals surface area contributed by atoms with Crippen LogP contribution in [0.5, 0.6) is 5.75 Å². The van der Waals surface area contributed by atoms with E-state index in [0.29, 0.717) is 56.4 Å². The molecule has 206 valence electrons. The number of rotatable bonds is 7. The lowest BCUT2D eigenvalue weighted by atomic mass is 10.1. The Bertz CT molecular complexity index is 1230. The minimum absolute atomic E-state index is 0.0312. The number of amides is 2. The Morgan fingerprint density at radius 3 is 2.41 bits per heavy atom. The fourth-order valence-electron chi connectivity index (χ4n) is 5.15. The summed E-state index contributed by atoms with van der Waals surface area (Å²) in [5.41, 5.74) is 3.65. The monoisotopic (exact) mass is 527 g/mol. The van der Waals surface area contributed by atoms with Gasteiger partial charge >= 0.3 is 0 Å². The highest BCUT2D eigenvalue weighted by atomic mass is 16.5. The maximum absolute atomic E-state index is 13.8. The molecule has 0 aliphatic carbocycles. The Morgan fingerprint density at radius 1 is 0.872 bits per heavy atom. The number of carbonyl (C=O) groups is 2. The molecule has 0 saturated heterocycles. The third kappa shape index (κ3) is 7.70. The van der Waals surface area contributed by atoms with Crippen molar-refractivity contribution in [2.24, 2.45) is 0 Å². The van der Waals surface area contributed by atoms with Crippen molar-refractivity contribution in [1.82, 2.24) is 9.80 Å². The fraction of sp³-hybridized carbons (Fsp3) is 0.394. The number of fused-ring (bicyclic) bond motifs is 1. The summed E-state index contributed by atoms with van der Waals surface area (Å²) in [6.07, 6.45) is 2.02. The van der Waals surface area contributed by atoms with E-state index in [-0.39, 0.29) is 11.8 Å². The molecule has 0 saturated carbocycles. The van der Waals surface area contributed by atoms with E-state index in [9.17, 15) is 9.59 Å². The van der Waals surface area contributed by atoms with E-state index >= 15 is 0 Å². The Hall–Kier alpha value is -3.64. The van der Waals surface area contributed by atoms with Crippen LogP contribution < -0.4 is 9.64 Å². The van der Waals surface area contributed by atoms with Crippen LogP contribution in [0.25, 0.3) is 0 Å². The van der Waals surface area contributed by atoms with Crippen molar-refractivity contribution in [2.75, 3.05) is 37.7 Å². The maximum Gasteiger partial charge on any atom is 0.254 e. The highest BCUT2D eigenvalue weighted by Crippen LogP contribution is 2.26. The molecule has 0 bridgehead atoms. The van der Waals surface area contributed by atoms with Crippen LogP contribution in [0.2, 0.25) is 0 Å². The van der Waals surface area contributed by atoms with Gasteiger partial charge in [0.1, 0.15) is 5.75 Å². The molecule has 0 radical (unpaired) electrons. The first-order valence-corrected chi connectivity index (χ1v) is 14.1. The van der Waals surface area contributed by atoms with Crippen molar-refractivity contribution < 1.29 is 14.3 Å². The summed E-state index contributed by atoms with van der Waals surface area (Å²) in [6.45, 7) is 10.2. The van der Waals surface area contributed by atoms with E-state index in [1.165, 1.54) is 0 Å². The van der Waals surface area contributed by atoms with E-state index in [1.54, 1.807) is 0 Å². The SMILES string of the molecule is CCOc1cccc(C(=O)N2CCN(C(C)C)CCCN(C(=O)CCc3ccccc3)c3ccccc3C2)c1. The van der Waals surface area contributed by atoms with Gasteiger partial charge < -0.3 is 14.5 Å². The Kier molecular flexibility index (Phi) is 10.1. The Morgan fingerprint density at radius 2 is 1.64 bits per heavy atom. The van der Waals surface area contributed by atoms with Gasteiger partial charge in [-0.1, -0.05) is 54.6 Å². The van der Waals surface area contributed by atoms with Gasteiger partial charge in [0.2, 0.25) is 5.91 Å². The number of aryl methyl sites for hydroxylation is 1. The lowest BCUT2D eigenvalue weighted by Crippen LogP contribution is -2.41. The zero-order chi connectivity index (χ0) is 27.6. The number of para-hydroxylation sites is 1. The van der Waals surface area contributed by atoms with Crippen LogP contribution >= 0.6 is 0 Å². The first kappa shape index (κ1) is 28.4. The van der Waals surface area contributed by atoms with Crippen molar-refractivity contribution in [3.63, 3.8) is 0 Å². The van der Waals surface area contributed by atoms with Crippen LogP contribution in [0.15, 0.2) is 78.9 Å². The number of hydrogen-bond acceptors (Lipinski definition) is 4. The van der Waals surface area contributed by atoms with Gasteiger partial charge in [-0.2, -0.15) is 0 Å². The van der Waals surface area contributed by atoms with E-state index in [1.807, 2.05) is 83.5 Å². The number of carbonyl (C=O) groups excluding carboxylic acids is 2. The van der Waals surface area contributed by atoms with Crippen molar-refractivity contribution in [3.8, 4) is 5.75 Å². The molecule has 3 aromatic rings. The summed E-state index contributed by atoms with van der Waals surface area (Å²) in [4.78, 5) is 33.8. The summed E-state index contributed by atoms with van der Waals surface area (Å²) >= 11 is 0. The third-order valence-electron chi connectivity index (χ3n) is 7.31. The zero-order valence-corrected chi connectivity index (χ0v) is 23.5. The fourth-order valence-corrected chi connectivity index (χ4v) is 5.15. The average molecular weight is 528 g/mol. The van der Waals surface area contributed by atoms with Gasteiger partial charge in [-0.15, -0.1) is 0 Å². The second-order valence-electron chi connectivity index (χ2n) is 10.3. The van der Waals surface area contributed by atoms with Crippen LogP contribution in [0.1, 0.15) is 55.1 Å². The first-order valence-electron chi connectivity index (χ1n) is 14.1. The van der Waals surface area contributed by atoms with E-state index < -0.39 is 0 Å². The number of hydrogen-bond donors (Lipinski definition) is 0. The highest BCUT2D eigenvalue weighted by molar-refractivity contribution is 5.96. The molecule has 6 heteroatoms. The largest absolute Gasteiger partial charge is 0.494 e. The molecular formula is C33H41N3O3. The van der Waals surface area contributed by atoms with Gasteiger partial charge in [0.25, 0.3) is 5.91 Å². The van der Waals surface area contributed by atoms with Gasteiger partial charge in [-0.05, 0) is 69.0 Å². The molecule has 0 aromatic heterocycles. The molecular weight excluding hydrogens is 486 g/mol. The molecule has 0 atom stereocenters. The molecule has 3 aromatic carbocycles. The first-order chi connectivity index (χ1) is 19.0. The number of ether oxygens (including phenoxy) is 1. The Labute approximate surface area is 233 Å².